The van der Waals surface area contributed by atoms with Crippen LogP contribution in [0.1, 0.15) is 52.5 Å². The summed E-state index contributed by atoms with van der Waals surface area (Å²) < 4.78 is 20.6. The summed E-state index contributed by atoms with van der Waals surface area (Å²) in [7, 11) is -1.44. The van der Waals surface area contributed by atoms with Crippen LogP contribution in [0.25, 0.3) is 0 Å². The smallest absolute Gasteiger partial charge is 0.415 e. The first-order valence-electron chi connectivity index (χ1n) is 13.3. The fraction of sp³-hybridized carbons (Fsp3) is 0.667. The number of anilines is 1. The molecule has 0 aromatic heterocycles. The molecule has 2 saturated carbocycles. The third-order valence-corrected chi connectivity index (χ3v) is 10.7. The van der Waals surface area contributed by atoms with Gasteiger partial charge in [-0.3, -0.25) is 9.79 Å². The Labute approximate surface area is 230 Å². The predicted molar refractivity (Wildman–Crippen MR) is 152 cm³/mol. The Balaban J connectivity index is 1.79. The normalized spacial score (nSPS) is 27.7. The number of amides is 2. The highest BCUT2D eigenvalue weighted by atomic mass is 32.2. The molecule has 1 unspecified atom stereocenters. The molecule has 0 bridgehead atoms. The topological polar surface area (TPSA) is 117 Å². The summed E-state index contributed by atoms with van der Waals surface area (Å²) >= 11 is 1.17. The summed E-state index contributed by atoms with van der Waals surface area (Å²) in [6, 6.07) is 5.34. The minimum atomic E-state index is -1.44. The molecule has 8 nitrogen and oxygen atoms in total. The quantitative estimate of drug-likeness (QED) is 0.219. The molecule has 1 aromatic rings. The highest BCUT2D eigenvalue weighted by Crippen LogP contribution is 2.67. The van der Waals surface area contributed by atoms with Crippen molar-refractivity contribution in [2.24, 2.45) is 16.3 Å². The van der Waals surface area contributed by atoms with E-state index in [9.17, 15) is 14.7 Å². The average Bonchev–Trinajstić information content (AvgIpc) is 3.69. The number of nitrogens with zero attached hydrogens (tertiary/aromatic N) is 2. The van der Waals surface area contributed by atoms with Crippen molar-refractivity contribution in [2.75, 3.05) is 12.3 Å². The van der Waals surface area contributed by atoms with E-state index in [0.717, 1.165) is 23.8 Å². The molecule has 0 saturated heterocycles. The third kappa shape index (κ3) is 5.74. The number of aliphatic imine (C=N–C) groups is 1. The predicted octanol–water partition coefficient (Wildman–Crippen LogP) is 5.47. The molecular formula is C27H41FN4O4SSi. The van der Waals surface area contributed by atoms with Crippen LogP contribution in [0.4, 0.5) is 14.9 Å². The zero-order valence-corrected chi connectivity index (χ0v) is 25.2. The number of rotatable bonds is 8. The molecule has 1 aliphatic heterocycles. The third-order valence-electron chi connectivity index (χ3n) is 7.54. The van der Waals surface area contributed by atoms with Gasteiger partial charge < -0.3 is 20.9 Å². The second-order valence-electron chi connectivity index (χ2n) is 13.3. The van der Waals surface area contributed by atoms with Crippen molar-refractivity contribution in [3.05, 3.63) is 29.6 Å². The summed E-state index contributed by atoms with van der Waals surface area (Å²) in [5, 5.41) is 13.7. The van der Waals surface area contributed by atoms with Crippen molar-refractivity contribution >= 4 is 42.7 Å². The Morgan fingerprint density at radius 2 is 2.00 bits per heavy atom. The van der Waals surface area contributed by atoms with Crippen molar-refractivity contribution in [1.82, 2.24) is 10.2 Å². The van der Waals surface area contributed by atoms with Crippen LogP contribution < -0.4 is 11.1 Å². The number of carbonyl (C=O) groups excluding carboxylic acids is 1. The lowest BCUT2D eigenvalue weighted by molar-refractivity contribution is -0.121. The van der Waals surface area contributed by atoms with Gasteiger partial charge in [-0.25, -0.2) is 14.1 Å². The number of hydrogen-bond donors (Lipinski definition) is 3. The first kappa shape index (κ1) is 28.9. The summed E-state index contributed by atoms with van der Waals surface area (Å²) in [6.07, 6.45) is 0.236. The Bertz CT molecular complexity index is 1150. The minimum absolute atomic E-state index is 0.138. The molecule has 0 radical (unpaired) electrons. The molecule has 2 fully saturated rings. The number of benzene rings is 1. The highest BCUT2D eigenvalue weighted by molar-refractivity contribution is 8.16. The number of nitrogen functional groups attached to an aromatic ring is 1. The van der Waals surface area contributed by atoms with Crippen LogP contribution in [-0.2, 0) is 15.1 Å². The molecule has 210 valence electrons. The fourth-order valence-corrected chi connectivity index (χ4v) is 7.39. The molecule has 2 aliphatic carbocycles. The summed E-state index contributed by atoms with van der Waals surface area (Å²) in [5.41, 5.74) is 4.90. The summed E-state index contributed by atoms with van der Waals surface area (Å²) in [4.78, 5) is 32.5. The van der Waals surface area contributed by atoms with E-state index in [0.29, 0.717) is 18.7 Å². The lowest BCUT2D eigenvalue weighted by atomic mass is 9.85. The van der Waals surface area contributed by atoms with Crippen LogP contribution in [0, 0.1) is 17.2 Å². The van der Waals surface area contributed by atoms with Crippen LogP contribution in [0.3, 0.4) is 0 Å². The van der Waals surface area contributed by atoms with Gasteiger partial charge in [0, 0.05) is 43.3 Å². The van der Waals surface area contributed by atoms with Gasteiger partial charge in [0.1, 0.15) is 16.8 Å². The molecule has 11 heteroatoms. The van der Waals surface area contributed by atoms with E-state index in [-0.39, 0.29) is 28.6 Å². The maximum absolute atomic E-state index is 15.3. The number of carbonyl (C=O) groups is 2. The zero-order valence-electron chi connectivity index (χ0n) is 23.4. The van der Waals surface area contributed by atoms with Crippen molar-refractivity contribution in [3.63, 3.8) is 0 Å². The fourth-order valence-electron chi connectivity index (χ4n) is 5.06. The van der Waals surface area contributed by atoms with E-state index >= 15 is 4.39 Å². The highest BCUT2D eigenvalue weighted by Gasteiger charge is 2.72. The van der Waals surface area contributed by atoms with Gasteiger partial charge in [0.25, 0.3) is 0 Å². The number of carboxylic acid groups (broad SMARTS) is 1. The molecule has 4 atom stereocenters. The van der Waals surface area contributed by atoms with Crippen LogP contribution in [0.5, 0.6) is 0 Å². The van der Waals surface area contributed by atoms with Crippen LogP contribution >= 0.6 is 11.8 Å². The Kier molecular flexibility index (Phi) is 7.46. The number of nitrogens with two attached hydrogens (primary N) is 1. The van der Waals surface area contributed by atoms with E-state index in [1.54, 1.807) is 13.0 Å². The van der Waals surface area contributed by atoms with E-state index in [2.05, 4.69) is 25.0 Å². The SMILES string of the molecule is CC(C)(C)C(OCC[Si](C)(C)C)N(C(=O)O)C1=N[C@](C)(c2cc(N)ccc2F)[C@@H]2C[C@]2(C(=O)NC2CC2)S1. The van der Waals surface area contributed by atoms with Crippen molar-refractivity contribution < 1.29 is 23.8 Å². The zero-order chi connectivity index (χ0) is 28.3. The van der Waals surface area contributed by atoms with Crippen molar-refractivity contribution in [2.45, 2.75) is 95.2 Å². The van der Waals surface area contributed by atoms with Gasteiger partial charge in [0.2, 0.25) is 5.91 Å². The summed E-state index contributed by atoms with van der Waals surface area (Å²) in [5.74, 6) is -0.939. The van der Waals surface area contributed by atoms with E-state index < -0.39 is 41.9 Å². The number of halogens is 1. The number of thioether (sulfide) groups is 1. The number of amidine groups is 1. The van der Waals surface area contributed by atoms with Gasteiger partial charge >= 0.3 is 6.09 Å². The van der Waals surface area contributed by atoms with Crippen molar-refractivity contribution in [1.29, 1.82) is 0 Å². The molecule has 3 aliphatic rings. The molecule has 0 spiro atoms. The second kappa shape index (κ2) is 9.82. The van der Waals surface area contributed by atoms with E-state index in [1.807, 2.05) is 20.8 Å². The van der Waals surface area contributed by atoms with Gasteiger partial charge in [0.05, 0.1) is 5.54 Å². The molecule has 38 heavy (non-hydrogen) atoms. The minimum Gasteiger partial charge on any atom is -0.465 e. The van der Waals surface area contributed by atoms with Gasteiger partial charge in [-0.1, -0.05) is 52.2 Å². The molecule has 2 amide bonds. The monoisotopic (exact) mass is 564 g/mol. The van der Waals surface area contributed by atoms with Crippen LogP contribution in [0.15, 0.2) is 23.2 Å². The van der Waals surface area contributed by atoms with Crippen LogP contribution in [-0.4, -0.2) is 58.9 Å². The largest absolute Gasteiger partial charge is 0.465 e. The maximum Gasteiger partial charge on any atom is 0.415 e. The van der Waals surface area contributed by atoms with Gasteiger partial charge in [-0.05, 0) is 50.4 Å². The number of hydrogen-bond acceptors (Lipinski definition) is 6. The summed E-state index contributed by atoms with van der Waals surface area (Å²) in [6.45, 7) is 14.7. The van der Waals surface area contributed by atoms with Gasteiger partial charge in [-0.15, -0.1) is 0 Å². The first-order chi connectivity index (χ1) is 17.5. The standard InChI is InChI=1S/C27H41FN4O4SSi/c1-25(2,3)22(36-12-13-38(5,6)7)32(24(34)35)23-31-26(4,18-14-16(29)8-11-19(18)28)20-15-27(20,37-23)21(33)30-17-9-10-17/h8,11,14,17,20,22H,9-10,12-13,15,29H2,1-7H3,(H,30,33)(H,34,35)/t20-,22?,26+,27-/m0/s1. The molecular weight excluding hydrogens is 523 g/mol. The van der Waals surface area contributed by atoms with E-state index in [4.69, 9.17) is 15.5 Å². The Morgan fingerprint density at radius 3 is 2.55 bits per heavy atom. The second-order valence-corrected chi connectivity index (χ2v) is 20.2. The first-order valence-corrected chi connectivity index (χ1v) is 17.8. The maximum atomic E-state index is 15.3. The van der Waals surface area contributed by atoms with Gasteiger partial charge in [0.15, 0.2) is 5.17 Å². The van der Waals surface area contributed by atoms with Crippen LogP contribution in [0.2, 0.25) is 25.7 Å². The molecule has 1 aromatic carbocycles. The lowest BCUT2D eigenvalue weighted by Gasteiger charge is -2.42. The molecule has 1 heterocycles. The van der Waals surface area contributed by atoms with E-state index in [1.165, 1.54) is 23.9 Å². The van der Waals surface area contributed by atoms with Crippen molar-refractivity contribution in [3.8, 4) is 0 Å². The molecule has 4 N–H and O–H groups in total. The number of fused-ring (bicyclic) bond motifs is 1. The molecule has 4 rings (SSSR count). The van der Waals surface area contributed by atoms with Gasteiger partial charge in [-0.2, -0.15) is 0 Å². The Morgan fingerprint density at radius 1 is 1.34 bits per heavy atom. The average molecular weight is 565 g/mol. The number of nitrogens with one attached hydrogen (secondary N) is 1. The lowest BCUT2D eigenvalue weighted by Crippen LogP contribution is -2.54. The number of ether oxygens (including phenoxy) is 1. The Hall–Kier alpha value is -2.11.